The van der Waals surface area contributed by atoms with Crippen LogP contribution >= 0.6 is 11.6 Å². The van der Waals surface area contributed by atoms with E-state index in [-0.39, 0.29) is 29.1 Å². The van der Waals surface area contributed by atoms with E-state index in [0.29, 0.717) is 41.7 Å². The van der Waals surface area contributed by atoms with E-state index in [1.54, 1.807) is 22.8 Å². The predicted molar refractivity (Wildman–Crippen MR) is 122 cm³/mol. The molecule has 2 heterocycles. The van der Waals surface area contributed by atoms with E-state index in [2.05, 4.69) is 15.0 Å². The number of aliphatic hydroxyl groups is 1. The molecule has 2 atom stereocenters. The van der Waals surface area contributed by atoms with E-state index in [0.717, 1.165) is 6.07 Å². The molecule has 200 valence electrons. The van der Waals surface area contributed by atoms with Crippen LogP contribution in [-0.4, -0.2) is 38.6 Å². The van der Waals surface area contributed by atoms with Crippen LogP contribution in [0.5, 0.6) is 11.5 Å². The molecule has 2 bridgehead atoms. The Kier molecular flexibility index (Phi) is 5.45. The van der Waals surface area contributed by atoms with E-state index < -0.39 is 41.5 Å². The molecule has 0 unspecified atom stereocenters. The molecule has 13 heteroatoms. The van der Waals surface area contributed by atoms with Crippen LogP contribution in [0.3, 0.4) is 0 Å². The number of carbonyl (C=O) groups excluding carboxylic acids is 1. The largest absolute Gasteiger partial charge is 0.573 e. The number of amides is 1. The summed E-state index contributed by atoms with van der Waals surface area (Å²) in [6.45, 7) is 0. The first-order valence-electron chi connectivity index (χ1n) is 11.6. The third-order valence-electron chi connectivity index (χ3n) is 7.40. The third-order valence-corrected chi connectivity index (χ3v) is 7.63. The van der Waals surface area contributed by atoms with Crippen molar-refractivity contribution in [3.63, 3.8) is 0 Å². The Hall–Kier alpha value is -3.38. The molecule has 3 fully saturated rings. The Bertz CT molecular complexity index is 1440. The van der Waals surface area contributed by atoms with Crippen LogP contribution in [0.4, 0.5) is 22.0 Å². The summed E-state index contributed by atoms with van der Waals surface area (Å²) >= 11 is 5.97. The number of aromatic nitrogens is 2. The van der Waals surface area contributed by atoms with Crippen molar-refractivity contribution in [1.29, 1.82) is 0 Å². The fourth-order valence-electron chi connectivity index (χ4n) is 5.72. The Morgan fingerprint density at radius 1 is 1.18 bits per heavy atom. The molecule has 3 aliphatic carbocycles. The van der Waals surface area contributed by atoms with Gasteiger partial charge in [0.2, 0.25) is 5.82 Å². The van der Waals surface area contributed by atoms with Crippen molar-refractivity contribution >= 4 is 17.5 Å². The van der Waals surface area contributed by atoms with Gasteiger partial charge in [0.05, 0.1) is 23.7 Å². The maximum atomic E-state index is 14.5. The molecule has 0 spiro atoms. The van der Waals surface area contributed by atoms with Crippen molar-refractivity contribution in [1.82, 2.24) is 14.9 Å². The number of aliphatic hydroxyl groups excluding tert-OH is 1. The summed E-state index contributed by atoms with van der Waals surface area (Å²) in [5.74, 6) is -4.48. The highest BCUT2D eigenvalue weighted by atomic mass is 35.5. The first-order chi connectivity index (χ1) is 17.9. The minimum atomic E-state index is -5.16. The molecule has 1 aromatic heterocycles. The standard InChI is InChI=1S/C25H19ClF5N3O4/c26-12-1-3-17-14(5-12)16(35)6-19(37-17)22(36)33-23-8-24(9-23,10-23)34-7-15(32-11-34)13-2-4-18(21(28)20(13)27)38-25(29,30)31/h1-5,7,11,16,19,35H,6,8-10H2,(H,33,36)/t16-,19-,23?,24?/m1/s1. The molecule has 38 heavy (non-hydrogen) atoms. The van der Waals surface area contributed by atoms with Gasteiger partial charge in [-0.05, 0) is 49.6 Å². The Morgan fingerprint density at radius 2 is 1.92 bits per heavy atom. The van der Waals surface area contributed by atoms with Gasteiger partial charge in [-0.3, -0.25) is 4.79 Å². The average molecular weight is 556 g/mol. The molecule has 7 nitrogen and oxygen atoms in total. The number of alkyl halides is 3. The van der Waals surface area contributed by atoms with Gasteiger partial charge in [-0.1, -0.05) is 11.6 Å². The lowest BCUT2D eigenvalue weighted by atomic mass is 9.44. The average Bonchev–Trinajstić information content (AvgIpc) is 3.27. The van der Waals surface area contributed by atoms with Gasteiger partial charge in [-0.25, -0.2) is 9.37 Å². The number of halogens is 6. The number of rotatable bonds is 5. The third kappa shape index (κ3) is 4.06. The van der Waals surface area contributed by atoms with Crippen molar-refractivity contribution in [2.24, 2.45) is 0 Å². The highest BCUT2D eigenvalue weighted by Crippen LogP contribution is 2.65. The molecule has 7 rings (SSSR count). The summed E-state index contributed by atoms with van der Waals surface area (Å²) in [7, 11) is 0. The number of nitrogens with zero attached hydrogens (tertiary/aromatic N) is 2. The molecule has 3 aromatic rings. The number of hydrogen-bond donors (Lipinski definition) is 2. The second kappa shape index (κ2) is 8.31. The second-order valence-electron chi connectivity index (χ2n) is 10.0. The van der Waals surface area contributed by atoms with Crippen molar-refractivity contribution in [3.8, 4) is 22.8 Å². The zero-order valence-electron chi connectivity index (χ0n) is 19.4. The summed E-state index contributed by atoms with van der Waals surface area (Å²) < 4.78 is 76.9. The monoisotopic (exact) mass is 555 g/mol. The molecule has 1 aliphatic heterocycles. The van der Waals surface area contributed by atoms with Crippen LogP contribution in [0, 0.1) is 11.6 Å². The van der Waals surface area contributed by atoms with E-state index in [1.165, 1.54) is 12.5 Å². The zero-order valence-corrected chi connectivity index (χ0v) is 20.1. The quantitative estimate of drug-likeness (QED) is 0.432. The van der Waals surface area contributed by atoms with Crippen molar-refractivity contribution < 1.29 is 41.3 Å². The Balaban J connectivity index is 1.11. The Labute approximate surface area is 217 Å². The highest BCUT2D eigenvalue weighted by molar-refractivity contribution is 6.30. The molecular formula is C25H19ClF5N3O4. The van der Waals surface area contributed by atoms with Gasteiger partial charge in [0.25, 0.3) is 5.91 Å². The highest BCUT2D eigenvalue weighted by Gasteiger charge is 2.70. The summed E-state index contributed by atoms with van der Waals surface area (Å²) in [5.41, 5.74) is -0.556. The number of benzene rings is 2. The second-order valence-corrected chi connectivity index (χ2v) is 10.5. The normalized spacial score (nSPS) is 27.4. The van der Waals surface area contributed by atoms with Gasteiger partial charge >= 0.3 is 6.36 Å². The van der Waals surface area contributed by atoms with Crippen molar-refractivity contribution in [2.75, 3.05) is 0 Å². The van der Waals surface area contributed by atoms with Gasteiger partial charge in [0, 0.05) is 34.3 Å². The molecule has 4 aliphatic rings. The number of fused-ring (bicyclic) bond motifs is 1. The number of nitrogens with one attached hydrogen (secondary N) is 1. The van der Waals surface area contributed by atoms with Gasteiger partial charge in [0.1, 0.15) is 5.75 Å². The minimum Gasteiger partial charge on any atom is -0.480 e. The van der Waals surface area contributed by atoms with Crippen LogP contribution in [0.2, 0.25) is 5.02 Å². The fraction of sp³-hybridized carbons (Fsp3) is 0.360. The van der Waals surface area contributed by atoms with Gasteiger partial charge in [0.15, 0.2) is 17.7 Å². The summed E-state index contributed by atoms with van der Waals surface area (Å²) in [6, 6.07) is 6.50. The topological polar surface area (TPSA) is 85.6 Å². The van der Waals surface area contributed by atoms with Crippen LogP contribution in [0.15, 0.2) is 42.9 Å². The number of hydrogen-bond acceptors (Lipinski definition) is 5. The predicted octanol–water partition coefficient (Wildman–Crippen LogP) is 5.01. The SMILES string of the molecule is O=C(NC12CC(n3cnc(-c4ccc(OC(F)(F)F)c(F)c4F)c3)(C1)C2)[C@H]1C[C@@H](O)c2cc(Cl)ccc2O1. The van der Waals surface area contributed by atoms with Gasteiger partial charge in [-0.2, -0.15) is 4.39 Å². The molecule has 3 saturated carbocycles. The number of ether oxygens (including phenoxy) is 2. The van der Waals surface area contributed by atoms with Crippen LogP contribution in [0.25, 0.3) is 11.3 Å². The number of imidazole rings is 1. The molecule has 2 N–H and O–H groups in total. The van der Waals surface area contributed by atoms with Gasteiger partial charge < -0.3 is 24.5 Å². The molecule has 0 radical (unpaired) electrons. The maximum absolute atomic E-state index is 14.5. The van der Waals surface area contributed by atoms with E-state index >= 15 is 0 Å². The van der Waals surface area contributed by atoms with Crippen LogP contribution < -0.4 is 14.8 Å². The maximum Gasteiger partial charge on any atom is 0.573 e. The molecule has 0 saturated heterocycles. The smallest absolute Gasteiger partial charge is 0.480 e. The van der Waals surface area contributed by atoms with E-state index in [9.17, 15) is 31.9 Å². The number of carbonyl (C=O) groups is 1. The van der Waals surface area contributed by atoms with Crippen molar-refractivity contribution in [3.05, 3.63) is 65.1 Å². The fourth-order valence-corrected chi connectivity index (χ4v) is 5.90. The zero-order chi connectivity index (χ0) is 27.0. The molecule has 1 amide bonds. The first kappa shape index (κ1) is 24.9. The lowest BCUT2D eigenvalue weighted by Gasteiger charge is -2.70. The first-order valence-corrected chi connectivity index (χ1v) is 12.0. The lowest BCUT2D eigenvalue weighted by molar-refractivity contribution is -0.275. The van der Waals surface area contributed by atoms with Crippen LogP contribution in [-0.2, 0) is 10.3 Å². The van der Waals surface area contributed by atoms with E-state index in [4.69, 9.17) is 16.3 Å². The summed E-state index contributed by atoms with van der Waals surface area (Å²) in [4.78, 5) is 17.0. The summed E-state index contributed by atoms with van der Waals surface area (Å²) in [5, 5.41) is 13.9. The molecule has 2 aromatic carbocycles. The minimum absolute atomic E-state index is 0.0473. The van der Waals surface area contributed by atoms with E-state index in [1.807, 2.05) is 0 Å². The molecular weight excluding hydrogens is 537 g/mol. The van der Waals surface area contributed by atoms with Gasteiger partial charge in [-0.15, -0.1) is 13.2 Å². The van der Waals surface area contributed by atoms with Crippen molar-refractivity contribution in [2.45, 2.75) is 55.3 Å². The Morgan fingerprint density at radius 3 is 2.63 bits per heavy atom. The summed E-state index contributed by atoms with van der Waals surface area (Å²) in [6.07, 6.45) is -2.19. The lowest BCUT2D eigenvalue weighted by Crippen LogP contribution is -2.79. The van der Waals surface area contributed by atoms with Crippen LogP contribution in [0.1, 0.15) is 37.4 Å².